The first-order valence-corrected chi connectivity index (χ1v) is 7.00. The maximum absolute atomic E-state index is 6.08. The van der Waals surface area contributed by atoms with Crippen LogP contribution in [0.2, 0.25) is 0 Å². The van der Waals surface area contributed by atoms with Crippen molar-refractivity contribution in [3.63, 3.8) is 0 Å². The fourth-order valence-corrected chi connectivity index (χ4v) is 2.00. The summed E-state index contributed by atoms with van der Waals surface area (Å²) in [6.07, 6.45) is 1.71. The summed E-state index contributed by atoms with van der Waals surface area (Å²) in [5, 5.41) is 0. The third kappa shape index (κ3) is 2.77. The highest BCUT2D eigenvalue weighted by atomic mass is 16.7. The molecular weight excluding hydrogens is 251 g/mol. The number of ether oxygens (including phenoxy) is 1. The maximum Gasteiger partial charge on any atom is 0.498 e. The van der Waals surface area contributed by atoms with Crippen LogP contribution in [-0.2, 0) is 9.31 Å². The SMILES string of the molecule is C=CC(C)Oc1ccccc1B1OC(C)(C)C(C)(C)O1. The first-order chi connectivity index (χ1) is 9.27. The van der Waals surface area contributed by atoms with Crippen LogP contribution in [0, 0.1) is 0 Å². The van der Waals surface area contributed by atoms with Gasteiger partial charge in [0.1, 0.15) is 11.9 Å². The van der Waals surface area contributed by atoms with Gasteiger partial charge in [0.15, 0.2) is 0 Å². The lowest BCUT2D eigenvalue weighted by atomic mass is 9.78. The second kappa shape index (κ2) is 5.26. The molecule has 0 bridgehead atoms. The van der Waals surface area contributed by atoms with Gasteiger partial charge in [-0.3, -0.25) is 0 Å². The molecule has 4 heteroatoms. The van der Waals surface area contributed by atoms with Crippen LogP contribution >= 0.6 is 0 Å². The molecule has 0 aromatic heterocycles. The zero-order valence-electron chi connectivity index (χ0n) is 13.0. The predicted octanol–water partition coefficient (Wildman–Crippen LogP) is 2.94. The summed E-state index contributed by atoms with van der Waals surface area (Å²) in [5.41, 5.74) is 0.212. The number of rotatable bonds is 4. The lowest BCUT2D eigenvalue weighted by Crippen LogP contribution is -2.41. The van der Waals surface area contributed by atoms with Crippen LogP contribution in [0.5, 0.6) is 5.75 Å². The highest BCUT2D eigenvalue weighted by Gasteiger charge is 2.52. The van der Waals surface area contributed by atoms with E-state index in [1.165, 1.54) is 0 Å². The van der Waals surface area contributed by atoms with Crippen molar-refractivity contribution in [1.82, 2.24) is 0 Å². The minimum Gasteiger partial charge on any atom is -0.487 e. The van der Waals surface area contributed by atoms with Gasteiger partial charge in [0.25, 0.3) is 0 Å². The van der Waals surface area contributed by atoms with Crippen molar-refractivity contribution in [3.8, 4) is 5.75 Å². The van der Waals surface area contributed by atoms with Crippen LogP contribution in [0.25, 0.3) is 0 Å². The Labute approximate surface area is 122 Å². The fraction of sp³-hybridized carbons (Fsp3) is 0.500. The maximum atomic E-state index is 6.08. The monoisotopic (exact) mass is 274 g/mol. The van der Waals surface area contributed by atoms with E-state index < -0.39 is 7.12 Å². The Morgan fingerprint density at radius 1 is 1.15 bits per heavy atom. The molecule has 2 rings (SSSR count). The van der Waals surface area contributed by atoms with Gasteiger partial charge in [-0.2, -0.15) is 0 Å². The van der Waals surface area contributed by atoms with Crippen LogP contribution < -0.4 is 10.2 Å². The Bertz CT molecular complexity index is 480. The second-order valence-electron chi connectivity index (χ2n) is 6.18. The summed E-state index contributed by atoms with van der Waals surface area (Å²) in [5.74, 6) is 0.776. The van der Waals surface area contributed by atoms with Crippen LogP contribution in [0.3, 0.4) is 0 Å². The van der Waals surface area contributed by atoms with Crippen LogP contribution in [0.15, 0.2) is 36.9 Å². The summed E-state index contributed by atoms with van der Waals surface area (Å²) in [7, 11) is -0.409. The number of para-hydroxylation sites is 1. The largest absolute Gasteiger partial charge is 0.498 e. The Morgan fingerprint density at radius 2 is 1.70 bits per heavy atom. The van der Waals surface area contributed by atoms with Gasteiger partial charge in [0, 0.05) is 5.46 Å². The molecule has 0 radical (unpaired) electrons. The van der Waals surface area contributed by atoms with E-state index in [1.54, 1.807) is 6.08 Å². The van der Waals surface area contributed by atoms with E-state index in [4.69, 9.17) is 14.0 Å². The van der Waals surface area contributed by atoms with Crippen LogP contribution in [0.1, 0.15) is 34.6 Å². The first-order valence-electron chi connectivity index (χ1n) is 7.00. The molecule has 0 saturated carbocycles. The van der Waals surface area contributed by atoms with Gasteiger partial charge in [0.05, 0.1) is 11.2 Å². The van der Waals surface area contributed by atoms with Crippen LogP contribution in [0.4, 0.5) is 0 Å². The van der Waals surface area contributed by atoms with E-state index in [9.17, 15) is 0 Å². The third-order valence-electron chi connectivity index (χ3n) is 4.07. The first kappa shape index (κ1) is 15.1. The van der Waals surface area contributed by atoms with E-state index in [0.717, 1.165) is 11.2 Å². The Kier molecular flexibility index (Phi) is 3.98. The molecule has 0 aliphatic carbocycles. The van der Waals surface area contributed by atoms with E-state index >= 15 is 0 Å². The van der Waals surface area contributed by atoms with Gasteiger partial charge in [-0.25, -0.2) is 0 Å². The molecule has 0 amide bonds. The molecule has 1 atom stereocenters. The van der Waals surface area contributed by atoms with E-state index in [0.29, 0.717) is 0 Å². The van der Waals surface area contributed by atoms with Gasteiger partial charge >= 0.3 is 7.12 Å². The molecule has 1 aliphatic heterocycles. The molecule has 1 heterocycles. The molecule has 1 fully saturated rings. The summed E-state index contributed by atoms with van der Waals surface area (Å²) < 4.78 is 18.0. The molecule has 20 heavy (non-hydrogen) atoms. The van der Waals surface area contributed by atoms with Crippen molar-refractivity contribution >= 4 is 12.6 Å². The minimum absolute atomic E-state index is 0.0569. The fourth-order valence-electron chi connectivity index (χ4n) is 2.00. The number of hydrogen-bond acceptors (Lipinski definition) is 3. The lowest BCUT2D eigenvalue weighted by Gasteiger charge is -2.32. The Morgan fingerprint density at radius 3 is 2.25 bits per heavy atom. The van der Waals surface area contributed by atoms with Crippen molar-refractivity contribution in [3.05, 3.63) is 36.9 Å². The Hall–Kier alpha value is -1.26. The normalized spacial score (nSPS) is 21.6. The summed E-state index contributed by atoms with van der Waals surface area (Å²) >= 11 is 0. The van der Waals surface area contributed by atoms with E-state index in [-0.39, 0.29) is 17.3 Å². The molecule has 3 nitrogen and oxygen atoms in total. The van der Waals surface area contributed by atoms with Crippen molar-refractivity contribution in [2.75, 3.05) is 0 Å². The quantitative estimate of drug-likeness (QED) is 0.624. The highest BCUT2D eigenvalue weighted by molar-refractivity contribution is 6.63. The zero-order chi connectivity index (χ0) is 15.0. The minimum atomic E-state index is -0.409. The Balaban J connectivity index is 2.28. The molecule has 1 aromatic carbocycles. The van der Waals surface area contributed by atoms with Crippen molar-refractivity contribution in [2.24, 2.45) is 0 Å². The lowest BCUT2D eigenvalue weighted by molar-refractivity contribution is 0.00578. The number of benzene rings is 1. The van der Waals surface area contributed by atoms with Crippen molar-refractivity contribution < 1.29 is 14.0 Å². The van der Waals surface area contributed by atoms with Crippen molar-refractivity contribution in [1.29, 1.82) is 0 Å². The highest BCUT2D eigenvalue weighted by Crippen LogP contribution is 2.37. The van der Waals surface area contributed by atoms with Gasteiger partial charge in [-0.05, 0) is 40.7 Å². The van der Waals surface area contributed by atoms with E-state index in [2.05, 4.69) is 6.58 Å². The van der Waals surface area contributed by atoms with Crippen molar-refractivity contribution in [2.45, 2.75) is 51.9 Å². The van der Waals surface area contributed by atoms with Gasteiger partial charge in [-0.15, -0.1) is 0 Å². The standard InChI is InChI=1S/C16H23BO3/c1-7-12(2)18-14-11-9-8-10-13(14)17-19-15(3,4)16(5,6)20-17/h7-12H,1H2,2-6H3. The topological polar surface area (TPSA) is 27.7 Å². The molecule has 1 unspecified atom stereocenters. The van der Waals surface area contributed by atoms with E-state index in [1.807, 2.05) is 58.9 Å². The summed E-state index contributed by atoms with van der Waals surface area (Å²) in [4.78, 5) is 0. The summed E-state index contributed by atoms with van der Waals surface area (Å²) in [6.45, 7) is 13.9. The molecule has 1 aromatic rings. The molecule has 0 N–H and O–H groups in total. The second-order valence-corrected chi connectivity index (χ2v) is 6.18. The average molecular weight is 274 g/mol. The molecular formula is C16H23BO3. The summed E-state index contributed by atoms with van der Waals surface area (Å²) in [6, 6.07) is 7.82. The predicted molar refractivity (Wildman–Crippen MR) is 82.4 cm³/mol. The molecule has 1 saturated heterocycles. The number of hydrogen-bond donors (Lipinski definition) is 0. The molecule has 1 aliphatic rings. The van der Waals surface area contributed by atoms with Gasteiger partial charge in [0.2, 0.25) is 0 Å². The molecule has 0 spiro atoms. The van der Waals surface area contributed by atoms with Crippen LogP contribution in [-0.4, -0.2) is 24.4 Å². The molecule has 108 valence electrons. The third-order valence-corrected chi connectivity index (χ3v) is 4.07. The smallest absolute Gasteiger partial charge is 0.487 e. The average Bonchev–Trinajstić information content (AvgIpc) is 2.59. The van der Waals surface area contributed by atoms with Gasteiger partial charge in [-0.1, -0.05) is 30.9 Å². The van der Waals surface area contributed by atoms with Gasteiger partial charge < -0.3 is 14.0 Å². The zero-order valence-corrected chi connectivity index (χ0v) is 13.0.